The van der Waals surface area contributed by atoms with Gasteiger partial charge in [0, 0.05) is 22.4 Å². The Hall–Kier alpha value is -2.11. The summed E-state index contributed by atoms with van der Waals surface area (Å²) in [6, 6.07) is 20.4. The maximum Gasteiger partial charge on any atom is 0.226 e. The van der Waals surface area contributed by atoms with Crippen LogP contribution in [0.2, 0.25) is 0 Å². The van der Waals surface area contributed by atoms with Gasteiger partial charge in [-0.25, -0.2) is 4.98 Å². The molecule has 0 saturated carbocycles. The molecule has 1 heterocycles. The van der Waals surface area contributed by atoms with Gasteiger partial charge in [-0.1, -0.05) is 48.5 Å². The van der Waals surface area contributed by atoms with Crippen LogP contribution in [0.15, 0.2) is 70.9 Å². The molecule has 0 radical (unpaired) electrons. The molecule has 0 unspecified atom stereocenters. The number of carbonyl (C=O) groups is 1. The van der Waals surface area contributed by atoms with E-state index in [1.807, 2.05) is 65.7 Å². The fraction of sp³-hybridized carbons (Fsp3) is 0.200. The summed E-state index contributed by atoms with van der Waals surface area (Å²) in [7, 11) is 0. The van der Waals surface area contributed by atoms with Crippen LogP contribution in [0.5, 0.6) is 0 Å². The molecule has 0 saturated heterocycles. The zero-order chi connectivity index (χ0) is 17.3. The lowest BCUT2D eigenvalue weighted by Gasteiger charge is -2.04. The molecule has 0 aliphatic heterocycles. The van der Waals surface area contributed by atoms with Crippen molar-refractivity contribution in [2.75, 3.05) is 12.3 Å². The molecule has 0 aliphatic rings. The molecule has 0 aliphatic carbocycles. The van der Waals surface area contributed by atoms with Crippen molar-refractivity contribution in [1.29, 1.82) is 0 Å². The van der Waals surface area contributed by atoms with Gasteiger partial charge in [-0.15, -0.1) is 23.1 Å². The summed E-state index contributed by atoms with van der Waals surface area (Å²) in [4.78, 5) is 17.9. The first-order valence-corrected chi connectivity index (χ1v) is 10.1. The molecule has 25 heavy (non-hydrogen) atoms. The predicted octanol–water partition coefficient (Wildman–Crippen LogP) is 4.65. The van der Waals surface area contributed by atoms with Crippen LogP contribution in [0.25, 0.3) is 10.6 Å². The highest BCUT2D eigenvalue weighted by atomic mass is 32.2. The number of nitrogens with zero attached hydrogens (tertiary/aromatic N) is 1. The van der Waals surface area contributed by atoms with Crippen molar-refractivity contribution in [2.24, 2.45) is 0 Å². The summed E-state index contributed by atoms with van der Waals surface area (Å²) in [6.07, 6.45) is 1.30. The molecule has 128 valence electrons. The lowest BCUT2D eigenvalue weighted by molar-refractivity contribution is -0.120. The molecule has 0 bridgehead atoms. The van der Waals surface area contributed by atoms with E-state index >= 15 is 0 Å². The summed E-state index contributed by atoms with van der Waals surface area (Å²) in [5.74, 6) is 1.04. The van der Waals surface area contributed by atoms with Crippen molar-refractivity contribution in [1.82, 2.24) is 10.3 Å². The Morgan fingerprint density at radius 1 is 1.04 bits per heavy atom. The van der Waals surface area contributed by atoms with E-state index in [1.54, 1.807) is 11.3 Å². The average molecular weight is 369 g/mol. The van der Waals surface area contributed by atoms with Gasteiger partial charge in [-0.05, 0) is 24.3 Å². The van der Waals surface area contributed by atoms with E-state index in [0.29, 0.717) is 13.0 Å². The second-order valence-corrected chi connectivity index (χ2v) is 7.58. The smallest absolute Gasteiger partial charge is 0.226 e. The van der Waals surface area contributed by atoms with Gasteiger partial charge < -0.3 is 5.32 Å². The standard InChI is InChI=1S/C20H20N2OS2/c23-19(21-12-7-13-24-18-10-5-2-6-11-18)14-17-15-25-20(22-17)16-8-3-1-4-9-16/h1-6,8-11,15H,7,12-14H2,(H,21,23). The number of rotatable bonds is 8. The van der Waals surface area contributed by atoms with Crippen molar-refractivity contribution >= 4 is 29.0 Å². The van der Waals surface area contributed by atoms with Gasteiger partial charge in [0.2, 0.25) is 5.91 Å². The quantitative estimate of drug-likeness (QED) is 0.465. The molecule has 0 atom stereocenters. The highest BCUT2D eigenvalue weighted by Crippen LogP contribution is 2.23. The Morgan fingerprint density at radius 2 is 1.76 bits per heavy atom. The zero-order valence-electron chi connectivity index (χ0n) is 13.9. The monoisotopic (exact) mass is 368 g/mol. The molecule has 1 amide bonds. The lowest BCUT2D eigenvalue weighted by atomic mass is 10.2. The lowest BCUT2D eigenvalue weighted by Crippen LogP contribution is -2.26. The van der Waals surface area contributed by atoms with Gasteiger partial charge in [-0.3, -0.25) is 4.79 Å². The Labute approximate surface area is 156 Å². The van der Waals surface area contributed by atoms with Gasteiger partial charge in [0.1, 0.15) is 5.01 Å². The number of hydrogen-bond donors (Lipinski definition) is 1. The number of benzene rings is 2. The van der Waals surface area contributed by atoms with Crippen molar-refractivity contribution in [3.05, 3.63) is 71.7 Å². The highest BCUT2D eigenvalue weighted by Gasteiger charge is 2.08. The highest BCUT2D eigenvalue weighted by molar-refractivity contribution is 7.99. The van der Waals surface area contributed by atoms with Crippen molar-refractivity contribution in [2.45, 2.75) is 17.7 Å². The molecule has 3 nitrogen and oxygen atoms in total. The van der Waals surface area contributed by atoms with E-state index in [-0.39, 0.29) is 5.91 Å². The zero-order valence-corrected chi connectivity index (χ0v) is 15.5. The predicted molar refractivity (Wildman–Crippen MR) is 106 cm³/mol. The first kappa shape index (κ1) is 17.7. The van der Waals surface area contributed by atoms with Crippen LogP contribution in [0.3, 0.4) is 0 Å². The number of thioether (sulfide) groups is 1. The fourth-order valence-electron chi connectivity index (χ4n) is 2.34. The molecule has 1 N–H and O–H groups in total. The van der Waals surface area contributed by atoms with E-state index in [1.165, 1.54) is 4.90 Å². The van der Waals surface area contributed by atoms with Crippen LogP contribution in [0, 0.1) is 0 Å². The molecule has 0 spiro atoms. The Bertz CT molecular complexity index is 788. The molecule has 0 fully saturated rings. The van der Waals surface area contributed by atoms with Gasteiger partial charge in [0.25, 0.3) is 0 Å². The van der Waals surface area contributed by atoms with Crippen molar-refractivity contribution in [3.8, 4) is 10.6 Å². The van der Waals surface area contributed by atoms with Crippen LogP contribution in [-0.4, -0.2) is 23.2 Å². The van der Waals surface area contributed by atoms with E-state index in [0.717, 1.165) is 28.4 Å². The number of nitrogens with one attached hydrogen (secondary N) is 1. The maximum absolute atomic E-state index is 12.0. The molecule has 5 heteroatoms. The van der Waals surface area contributed by atoms with Crippen LogP contribution < -0.4 is 5.32 Å². The first-order valence-electron chi connectivity index (χ1n) is 8.25. The van der Waals surface area contributed by atoms with E-state index in [9.17, 15) is 4.79 Å². The average Bonchev–Trinajstić information content (AvgIpc) is 3.11. The largest absolute Gasteiger partial charge is 0.356 e. The number of amides is 1. The minimum absolute atomic E-state index is 0.0367. The number of hydrogen-bond acceptors (Lipinski definition) is 4. The van der Waals surface area contributed by atoms with Crippen LogP contribution in [0.1, 0.15) is 12.1 Å². The minimum atomic E-state index is 0.0367. The topological polar surface area (TPSA) is 42.0 Å². The van der Waals surface area contributed by atoms with Gasteiger partial charge in [0.15, 0.2) is 0 Å². The first-order chi connectivity index (χ1) is 12.3. The van der Waals surface area contributed by atoms with E-state index in [2.05, 4.69) is 22.4 Å². The molecular weight excluding hydrogens is 348 g/mol. The van der Waals surface area contributed by atoms with Crippen LogP contribution in [0.4, 0.5) is 0 Å². The minimum Gasteiger partial charge on any atom is -0.356 e. The Balaban J connectivity index is 1.37. The summed E-state index contributed by atoms with van der Waals surface area (Å²) >= 11 is 3.39. The molecule has 1 aromatic heterocycles. The van der Waals surface area contributed by atoms with Gasteiger partial charge in [0.05, 0.1) is 12.1 Å². The maximum atomic E-state index is 12.0. The third-order valence-corrected chi connectivity index (χ3v) is 5.61. The van der Waals surface area contributed by atoms with Crippen molar-refractivity contribution < 1.29 is 4.79 Å². The molecule has 3 aromatic rings. The Kier molecular flexibility index (Phi) is 6.65. The normalized spacial score (nSPS) is 10.6. The summed E-state index contributed by atoms with van der Waals surface area (Å²) < 4.78 is 0. The fourth-order valence-corrected chi connectivity index (χ4v) is 4.03. The number of carbonyl (C=O) groups excluding carboxylic acids is 1. The Morgan fingerprint density at radius 3 is 2.52 bits per heavy atom. The number of aromatic nitrogens is 1. The molecule has 2 aromatic carbocycles. The van der Waals surface area contributed by atoms with Crippen molar-refractivity contribution in [3.63, 3.8) is 0 Å². The molecular formula is C20H20N2OS2. The van der Waals surface area contributed by atoms with E-state index < -0.39 is 0 Å². The second kappa shape index (κ2) is 9.39. The van der Waals surface area contributed by atoms with Gasteiger partial charge >= 0.3 is 0 Å². The summed E-state index contributed by atoms with van der Waals surface area (Å²) in [5.41, 5.74) is 1.93. The summed E-state index contributed by atoms with van der Waals surface area (Å²) in [5, 5.41) is 5.91. The molecule has 3 rings (SSSR count). The second-order valence-electron chi connectivity index (χ2n) is 5.55. The van der Waals surface area contributed by atoms with Crippen LogP contribution >= 0.6 is 23.1 Å². The number of thiazole rings is 1. The third-order valence-electron chi connectivity index (χ3n) is 3.57. The summed E-state index contributed by atoms with van der Waals surface area (Å²) in [6.45, 7) is 0.703. The SMILES string of the molecule is O=C(Cc1csc(-c2ccccc2)n1)NCCCSc1ccccc1. The van der Waals surface area contributed by atoms with E-state index in [4.69, 9.17) is 0 Å². The van der Waals surface area contributed by atoms with Crippen LogP contribution in [-0.2, 0) is 11.2 Å². The van der Waals surface area contributed by atoms with Gasteiger partial charge in [-0.2, -0.15) is 0 Å². The third kappa shape index (κ3) is 5.73.